The van der Waals surface area contributed by atoms with E-state index in [9.17, 15) is 40.5 Å². The Balaban J connectivity index is 2.19. The average Bonchev–Trinajstić information content (AvgIpc) is 2.64. The van der Waals surface area contributed by atoms with Gasteiger partial charge in [-0.2, -0.15) is 0 Å². The summed E-state index contributed by atoms with van der Waals surface area (Å²) in [6.07, 6.45) is 1.61. The van der Waals surface area contributed by atoms with E-state index in [-0.39, 0.29) is 11.5 Å². The molecule has 0 saturated carbocycles. The summed E-state index contributed by atoms with van der Waals surface area (Å²) in [5.74, 6) is -0.678. The van der Waals surface area contributed by atoms with E-state index in [0.29, 0.717) is 12.1 Å². The van der Waals surface area contributed by atoms with Crippen LogP contribution in [-0.4, -0.2) is 19.7 Å². The van der Waals surface area contributed by atoms with Crippen molar-refractivity contribution < 1.29 is 29.2 Å². The van der Waals surface area contributed by atoms with Crippen molar-refractivity contribution in [1.82, 2.24) is 0 Å². The molecule has 0 bridgehead atoms. The molecule has 0 aliphatic carbocycles. The Morgan fingerprint density at radius 2 is 0.964 bits per heavy atom. The summed E-state index contributed by atoms with van der Waals surface area (Å²) in [6, 6.07) is 5.36. The van der Waals surface area contributed by atoms with Crippen LogP contribution < -0.4 is 9.47 Å². The Bertz CT molecular complexity index is 924. The van der Waals surface area contributed by atoms with Gasteiger partial charge in [0.25, 0.3) is 11.4 Å². The SMILES string of the molecule is O=[N+]([O-])c1ccc(OC=COc2ccc([N+](=O)[O-])cc2[N+](=O)[O-])c([N+](=O)[O-])c1. The third kappa shape index (κ3) is 4.51. The van der Waals surface area contributed by atoms with Gasteiger partial charge in [0.2, 0.25) is 11.5 Å². The highest BCUT2D eigenvalue weighted by Crippen LogP contribution is 2.32. The Kier molecular flexibility index (Phi) is 5.75. The highest BCUT2D eigenvalue weighted by molar-refractivity contribution is 5.54. The number of nitro benzene ring substituents is 4. The predicted molar refractivity (Wildman–Crippen MR) is 89.9 cm³/mol. The molecule has 0 amide bonds. The van der Waals surface area contributed by atoms with Gasteiger partial charge in [0.1, 0.15) is 12.5 Å². The first-order valence-electron chi connectivity index (χ1n) is 7.04. The minimum absolute atomic E-state index is 0.339. The maximum Gasteiger partial charge on any atom is 0.318 e. The van der Waals surface area contributed by atoms with E-state index in [4.69, 9.17) is 9.47 Å². The molecular formula is C14H8N4O10. The smallest absolute Gasteiger partial charge is 0.318 e. The number of non-ortho nitro benzene ring substituents is 2. The van der Waals surface area contributed by atoms with Crippen LogP contribution in [0.1, 0.15) is 0 Å². The van der Waals surface area contributed by atoms with E-state index in [0.717, 1.165) is 36.8 Å². The van der Waals surface area contributed by atoms with Crippen LogP contribution in [0.3, 0.4) is 0 Å². The Morgan fingerprint density at radius 3 is 1.25 bits per heavy atom. The topological polar surface area (TPSA) is 191 Å². The maximum atomic E-state index is 11.0. The van der Waals surface area contributed by atoms with Crippen molar-refractivity contribution in [3.63, 3.8) is 0 Å². The van der Waals surface area contributed by atoms with Gasteiger partial charge < -0.3 is 9.47 Å². The molecule has 0 N–H and O–H groups in total. The van der Waals surface area contributed by atoms with Crippen LogP contribution in [0, 0.1) is 40.5 Å². The highest BCUT2D eigenvalue weighted by Gasteiger charge is 2.21. The molecule has 0 fully saturated rings. The van der Waals surface area contributed by atoms with Crippen molar-refractivity contribution in [3.8, 4) is 11.5 Å². The summed E-state index contributed by atoms with van der Waals surface area (Å²) in [5, 5.41) is 43.3. The van der Waals surface area contributed by atoms with Gasteiger partial charge in [-0.1, -0.05) is 0 Å². The molecule has 0 aliphatic rings. The molecule has 14 nitrogen and oxygen atoms in total. The molecule has 0 aliphatic heterocycles. The molecule has 28 heavy (non-hydrogen) atoms. The van der Waals surface area contributed by atoms with E-state index >= 15 is 0 Å². The van der Waals surface area contributed by atoms with E-state index in [1.165, 1.54) is 0 Å². The molecule has 0 aromatic heterocycles. The molecule has 2 aromatic rings. The van der Waals surface area contributed by atoms with Crippen LogP contribution in [0.15, 0.2) is 48.9 Å². The summed E-state index contributed by atoms with van der Waals surface area (Å²) >= 11 is 0. The predicted octanol–water partition coefficient (Wildman–Crippen LogP) is 3.25. The van der Waals surface area contributed by atoms with Gasteiger partial charge in [-0.25, -0.2) is 0 Å². The zero-order chi connectivity index (χ0) is 20.8. The standard InChI is InChI=1S/C14H8N4O10/c19-15(20)9-1-3-13(11(7-9)17(23)24)27-5-6-28-14-4-2-10(16(21)22)8-12(14)18(25)26/h1-8H. The number of nitrogens with zero attached hydrogens (tertiary/aromatic N) is 4. The van der Waals surface area contributed by atoms with Gasteiger partial charge >= 0.3 is 11.4 Å². The van der Waals surface area contributed by atoms with Crippen molar-refractivity contribution >= 4 is 22.7 Å². The minimum atomic E-state index is -0.891. The van der Waals surface area contributed by atoms with E-state index in [2.05, 4.69) is 0 Å². The molecule has 2 aromatic carbocycles. The van der Waals surface area contributed by atoms with Gasteiger partial charge in [0, 0.05) is 12.1 Å². The first kappa shape index (κ1) is 19.7. The quantitative estimate of drug-likeness (QED) is 0.366. The second kappa shape index (κ2) is 8.17. The van der Waals surface area contributed by atoms with E-state index < -0.39 is 42.4 Å². The molecule has 0 radical (unpaired) electrons. The second-order valence-corrected chi connectivity index (χ2v) is 4.84. The first-order valence-corrected chi connectivity index (χ1v) is 7.04. The number of hydrogen-bond donors (Lipinski definition) is 0. The summed E-state index contributed by atoms with van der Waals surface area (Å²) in [4.78, 5) is 39.9. The number of ether oxygens (including phenoxy) is 2. The van der Waals surface area contributed by atoms with Crippen LogP contribution >= 0.6 is 0 Å². The van der Waals surface area contributed by atoms with Gasteiger partial charge in [-0.15, -0.1) is 0 Å². The zero-order valence-electron chi connectivity index (χ0n) is 13.5. The number of benzene rings is 2. The molecule has 14 heteroatoms. The third-order valence-electron chi connectivity index (χ3n) is 3.15. The Hall–Kier alpha value is -4.62. The number of rotatable bonds is 8. The lowest BCUT2D eigenvalue weighted by atomic mass is 10.2. The summed E-state index contributed by atoms with van der Waals surface area (Å²) in [6.45, 7) is 0. The number of hydrogen-bond acceptors (Lipinski definition) is 10. The third-order valence-corrected chi connectivity index (χ3v) is 3.15. The van der Waals surface area contributed by atoms with Gasteiger partial charge in [0.05, 0.1) is 31.8 Å². The van der Waals surface area contributed by atoms with Crippen molar-refractivity contribution in [2.24, 2.45) is 0 Å². The fourth-order valence-electron chi connectivity index (χ4n) is 1.93. The van der Waals surface area contributed by atoms with Gasteiger partial charge in [0.15, 0.2) is 0 Å². The van der Waals surface area contributed by atoms with E-state index in [1.807, 2.05) is 0 Å². The molecule has 144 valence electrons. The van der Waals surface area contributed by atoms with Crippen molar-refractivity contribution in [1.29, 1.82) is 0 Å². The van der Waals surface area contributed by atoms with Crippen LogP contribution in [0.2, 0.25) is 0 Å². The van der Waals surface area contributed by atoms with Crippen LogP contribution in [-0.2, 0) is 0 Å². The molecule has 0 atom stereocenters. The van der Waals surface area contributed by atoms with Crippen molar-refractivity contribution in [2.45, 2.75) is 0 Å². The summed E-state index contributed by atoms with van der Waals surface area (Å²) in [7, 11) is 0. The number of nitro groups is 4. The Labute approximate surface area is 153 Å². The lowest BCUT2D eigenvalue weighted by Crippen LogP contribution is -1.97. The monoisotopic (exact) mass is 392 g/mol. The molecule has 2 rings (SSSR count). The normalized spacial score (nSPS) is 10.4. The molecular weight excluding hydrogens is 384 g/mol. The lowest BCUT2D eigenvalue weighted by molar-refractivity contribution is -0.394. The average molecular weight is 392 g/mol. The van der Waals surface area contributed by atoms with Gasteiger partial charge in [-0.3, -0.25) is 40.5 Å². The molecule has 0 spiro atoms. The van der Waals surface area contributed by atoms with E-state index in [1.54, 1.807) is 0 Å². The molecule has 0 unspecified atom stereocenters. The summed E-state index contributed by atoms with van der Waals surface area (Å²) < 4.78 is 9.94. The van der Waals surface area contributed by atoms with Gasteiger partial charge in [-0.05, 0) is 12.1 Å². The fourth-order valence-corrected chi connectivity index (χ4v) is 1.93. The van der Waals surface area contributed by atoms with Crippen LogP contribution in [0.5, 0.6) is 11.5 Å². The van der Waals surface area contributed by atoms with Crippen molar-refractivity contribution in [3.05, 3.63) is 89.4 Å². The Morgan fingerprint density at radius 1 is 0.607 bits per heavy atom. The van der Waals surface area contributed by atoms with Crippen molar-refractivity contribution in [2.75, 3.05) is 0 Å². The first-order chi connectivity index (χ1) is 13.2. The highest BCUT2D eigenvalue weighted by atomic mass is 16.6. The van der Waals surface area contributed by atoms with Crippen LogP contribution in [0.25, 0.3) is 0 Å². The zero-order valence-corrected chi connectivity index (χ0v) is 13.5. The molecule has 0 heterocycles. The van der Waals surface area contributed by atoms with Crippen LogP contribution in [0.4, 0.5) is 22.7 Å². The largest absolute Gasteiger partial charge is 0.455 e. The summed E-state index contributed by atoms with van der Waals surface area (Å²) in [5.41, 5.74) is -2.39. The minimum Gasteiger partial charge on any atom is -0.455 e. The lowest BCUT2D eigenvalue weighted by Gasteiger charge is -2.03. The maximum absolute atomic E-state index is 11.0. The fraction of sp³-hybridized carbons (Fsp3) is 0. The molecule has 0 saturated heterocycles. The second-order valence-electron chi connectivity index (χ2n) is 4.84.